The Morgan fingerprint density at radius 2 is 1.47 bits per heavy atom. The molecule has 0 aliphatic rings. The Hall–Kier alpha value is -3.35. The quantitative estimate of drug-likeness (QED) is 0.319. The molecule has 0 amide bonds. The molecule has 4 aromatic carbocycles. The van der Waals surface area contributed by atoms with Crippen LogP contribution in [0.2, 0.25) is 0 Å². The SMILES string of the molecule is CS(=O)(=O)Nc1ccc(CCN(CCOc2cccc3ccccc23)Cc2ccccc2)cc1. The molecule has 1 N–H and O–H groups in total. The standard InChI is InChI=1S/C28H30N2O3S/c1-34(31,32)29-26-16-14-23(15-17-26)18-19-30(22-24-8-3-2-4-9-24)20-21-33-28-13-7-11-25-10-5-6-12-27(25)28/h2-17,29H,18-22H2,1H3. The van der Waals surface area contributed by atoms with E-state index in [2.05, 4.69) is 52.1 Å². The lowest BCUT2D eigenvalue weighted by molar-refractivity contribution is 0.205. The van der Waals surface area contributed by atoms with Gasteiger partial charge in [-0.05, 0) is 41.1 Å². The Labute approximate surface area is 202 Å². The van der Waals surface area contributed by atoms with E-state index in [0.29, 0.717) is 12.3 Å². The van der Waals surface area contributed by atoms with Gasteiger partial charge in [0.05, 0.1) is 6.26 Å². The molecule has 0 radical (unpaired) electrons. The van der Waals surface area contributed by atoms with Crippen LogP contribution in [0.25, 0.3) is 10.8 Å². The highest BCUT2D eigenvalue weighted by Gasteiger charge is 2.09. The van der Waals surface area contributed by atoms with E-state index < -0.39 is 10.0 Å². The largest absolute Gasteiger partial charge is 0.492 e. The van der Waals surface area contributed by atoms with Gasteiger partial charge in [-0.1, -0.05) is 78.9 Å². The van der Waals surface area contributed by atoms with Crippen molar-refractivity contribution in [2.24, 2.45) is 0 Å². The molecule has 34 heavy (non-hydrogen) atoms. The fraction of sp³-hybridized carbons (Fsp3) is 0.214. The first-order valence-corrected chi connectivity index (χ1v) is 13.3. The van der Waals surface area contributed by atoms with Crippen LogP contribution in [-0.2, 0) is 23.0 Å². The van der Waals surface area contributed by atoms with Gasteiger partial charge >= 0.3 is 0 Å². The van der Waals surface area contributed by atoms with Crippen LogP contribution in [0.4, 0.5) is 5.69 Å². The van der Waals surface area contributed by atoms with Crippen LogP contribution >= 0.6 is 0 Å². The van der Waals surface area contributed by atoms with Crippen molar-refractivity contribution in [3.05, 3.63) is 108 Å². The number of rotatable bonds is 11. The van der Waals surface area contributed by atoms with E-state index in [-0.39, 0.29) is 0 Å². The van der Waals surface area contributed by atoms with Gasteiger partial charge in [0, 0.05) is 30.7 Å². The highest BCUT2D eigenvalue weighted by molar-refractivity contribution is 7.92. The number of hydrogen-bond donors (Lipinski definition) is 1. The Kier molecular flexibility index (Phi) is 7.83. The first-order chi connectivity index (χ1) is 16.5. The van der Waals surface area contributed by atoms with E-state index in [1.165, 1.54) is 10.9 Å². The fourth-order valence-corrected chi connectivity index (χ4v) is 4.52. The summed E-state index contributed by atoms with van der Waals surface area (Å²) in [7, 11) is -3.27. The van der Waals surface area contributed by atoms with Gasteiger partial charge < -0.3 is 4.74 Å². The molecule has 0 aliphatic carbocycles. The maximum Gasteiger partial charge on any atom is 0.229 e. The second-order valence-electron chi connectivity index (χ2n) is 8.41. The number of sulfonamides is 1. The summed E-state index contributed by atoms with van der Waals surface area (Å²) in [6.45, 7) is 3.10. The van der Waals surface area contributed by atoms with Crippen LogP contribution in [0.3, 0.4) is 0 Å². The average Bonchev–Trinajstić information content (AvgIpc) is 2.83. The number of benzene rings is 4. The number of fused-ring (bicyclic) bond motifs is 1. The predicted molar refractivity (Wildman–Crippen MR) is 140 cm³/mol. The topological polar surface area (TPSA) is 58.6 Å². The average molecular weight is 475 g/mol. The molecule has 0 fully saturated rings. The number of nitrogens with one attached hydrogen (secondary N) is 1. The number of hydrogen-bond acceptors (Lipinski definition) is 4. The van der Waals surface area contributed by atoms with Crippen LogP contribution in [0.15, 0.2) is 97.1 Å². The number of anilines is 1. The van der Waals surface area contributed by atoms with Gasteiger partial charge in [-0.2, -0.15) is 0 Å². The molecule has 0 saturated carbocycles. The van der Waals surface area contributed by atoms with Crippen molar-refractivity contribution in [3.63, 3.8) is 0 Å². The summed E-state index contributed by atoms with van der Waals surface area (Å²) in [6.07, 6.45) is 2.02. The Morgan fingerprint density at radius 3 is 2.24 bits per heavy atom. The van der Waals surface area contributed by atoms with E-state index in [1.807, 2.05) is 54.6 Å². The molecule has 0 unspecified atom stereocenters. The molecule has 0 heterocycles. The van der Waals surface area contributed by atoms with Gasteiger partial charge in [-0.25, -0.2) is 8.42 Å². The highest BCUT2D eigenvalue weighted by Crippen LogP contribution is 2.25. The lowest BCUT2D eigenvalue weighted by Crippen LogP contribution is -2.30. The predicted octanol–water partition coefficient (Wildman–Crippen LogP) is 5.34. The Balaban J connectivity index is 1.39. The summed E-state index contributed by atoms with van der Waals surface area (Å²) in [5.74, 6) is 0.909. The molecule has 4 rings (SSSR count). The molecule has 0 aliphatic heterocycles. The van der Waals surface area contributed by atoms with E-state index in [9.17, 15) is 8.42 Å². The van der Waals surface area contributed by atoms with Crippen LogP contribution in [-0.4, -0.2) is 39.3 Å². The monoisotopic (exact) mass is 474 g/mol. The van der Waals surface area contributed by atoms with Crippen molar-refractivity contribution in [2.75, 3.05) is 30.7 Å². The van der Waals surface area contributed by atoms with Gasteiger partial charge in [0.2, 0.25) is 10.0 Å². The third kappa shape index (κ3) is 7.07. The summed E-state index contributed by atoms with van der Waals surface area (Å²) in [5, 5.41) is 2.30. The van der Waals surface area contributed by atoms with Gasteiger partial charge in [0.15, 0.2) is 0 Å². The maximum atomic E-state index is 11.4. The van der Waals surface area contributed by atoms with E-state index in [1.54, 1.807) is 0 Å². The second-order valence-corrected chi connectivity index (χ2v) is 10.2. The normalized spacial score (nSPS) is 11.6. The molecular formula is C28H30N2O3S. The van der Waals surface area contributed by atoms with Crippen LogP contribution < -0.4 is 9.46 Å². The number of ether oxygens (including phenoxy) is 1. The zero-order chi connectivity index (χ0) is 23.8. The van der Waals surface area contributed by atoms with Crippen molar-refractivity contribution >= 4 is 26.5 Å². The van der Waals surface area contributed by atoms with Crippen LogP contribution in [0, 0.1) is 0 Å². The molecule has 4 aromatic rings. The molecule has 0 spiro atoms. The molecule has 176 valence electrons. The molecule has 0 aromatic heterocycles. The zero-order valence-corrected chi connectivity index (χ0v) is 20.2. The molecule has 0 saturated heterocycles. The van der Waals surface area contributed by atoms with E-state index in [4.69, 9.17) is 4.74 Å². The third-order valence-corrected chi connectivity index (χ3v) is 6.24. The minimum atomic E-state index is -3.27. The molecule has 5 nitrogen and oxygen atoms in total. The Morgan fingerprint density at radius 1 is 0.765 bits per heavy atom. The summed E-state index contributed by atoms with van der Waals surface area (Å²) in [5.41, 5.74) is 3.00. The van der Waals surface area contributed by atoms with Gasteiger partial charge in [0.1, 0.15) is 12.4 Å². The smallest absolute Gasteiger partial charge is 0.229 e. The zero-order valence-electron chi connectivity index (χ0n) is 19.4. The fourth-order valence-electron chi connectivity index (χ4n) is 3.96. The maximum absolute atomic E-state index is 11.4. The molecule has 0 atom stereocenters. The van der Waals surface area contributed by atoms with Crippen molar-refractivity contribution in [1.82, 2.24) is 4.90 Å². The second kappa shape index (κ2) is 11.2. The van der Waals surface area contributed by atoms with Crippen LogP contribution in [0.5, 0.6) is 5.75 Å². The summed E-state index contributed by atoms with van der Waals surface area (Å²) >= 11 is 0. The summed E-state index contributed by atoms with van der Waals surface area (Å²) in [6, 6.07) is 32.4. The van der Waals surface area contributed by atoms with E-state index in [0.717, 1.165) is 49.0 Å². The first-order valence-electron chi connectivity index (χ1n) is 11.4. The molecule has 6 heteroatoms. The lowest BCUT2D eigenvalue weighted by atomic mass is 10.1. The minimum absolute atomic E-state index is 0.580. The van der Waals surface area contributed by atoms with E-state index >= 15 is 0 Å². The number of nitrogens with zero attached hydrogens (tertiary/aromatic N) is 1. The summed E-state index contributed by atoms with van der Waals surface area (Å²) < 4.78 is 31.5. The van der Waals surface area contributed by atoms with Crippen molar-refractivity contribution in [2.45, 2.75) is 13.0 Å². The van der Waals surface area contributed by atoms with Gasteiger partial charge in [-0.3, -0.25) is 9.62 Å². The molecule has 0 bridgehead atoms. The first kappa shape index (κ1) is 23.8. The van der Waals surface area contributed by atoms with Crippen molar-refractivity contribution in [3.8, 4) is 5.75 Å². The van der Waals surface area contributed by atoms with Crippen molar-refractivity contribution in [1.29, 1.82) is 0 Å². The summed E-state index contributed by atoms with van der Waals surface area (Å²) in [4.78, 5) is 2.39. The van der Waals surface area contributed by atoms with Gasteiger partial charge in [0.25, 0.3) is 0 Å². The Bertz CT molecular complexity index is 1300. The minimum Gasteiger partial charge on any atom is -0.492 e. The molecular weight excluding hydrogens is 444 g/mol. The third-order valence-electron chi connectivity index (χ3n) is 5.64. The lowest BCUT2D eigenvalue weighted by Gasteiger charge is -2.23. The van der Waals surface area contributed by atoms with Crippen molar-refractivity contribution < 1.29 is 13.2 Å². The van der Waals surface area contributed by atoms with Crippen LogP contribution in [0.1, 0.15) is 11.1 Å². The highest BCUT2D eigenvalue weighted by atomic mass is 32.2. The van der Waals surface area contributed by atoms with Gasteiger partial charge in [-0.15, -0.1) is 0 Å².